The van der Waals surface area contributed by atoms with Crippen LogP contribution in [0.3, 0.4) is 0 Å². The van der Waals surface area contributed by atoms with E-state index in [2.05, 4.69) is 10.3 Å². The number of benzene rings is 2. The molecular formula is C22H22ClN3O4S2. The molecule has 0 bridgehead atoms. The van der Waals surface area contributed by atoms with E-state index in [0.717, 1.165) is 31.9 Å². The smallest absolute Gasteiger partial charge is 0.262 e. The highest BCUT2D eigenvalue weighted by molar-refractivity contribution is 7.99. The number of hydrogen-bond donors (Lipinski definition) is 1. The predicted octanol–water partition coefficient (Wildman–Crippen LogP) is 4.30. The first-order valence-corrected chi connectivity index (χ1v) is 13.4. The first-order chi connectivity index (χ1) is 15.2. The van der Waals surface area contributed by atoms with E-state index in [1.54, 1.807) is 16.7 Å². The quantitative estimate of drug-likeness (QED) is 0.408. The first kappa shape index (κ1) is 22.8. The van der Waals surface area contributed by atoms with E-state index in [9.17, 15) is 18.0 Å². The fourth-order valence-corrected chi connectivity index (χ4v) is 5.54. The van der Waals surface area contributed by atoms with Crippen molar-refractivity contribution in [3.8, 4) is 0 Å². The van der Waals surface area contributed by atoms with Gasteiger partial charge in [-0.15, -0.1) is 0 Å². The molecule has 32 heavy (non-hydrogen) atoms. The zero-order valence-corrected chi connectivity index (χ0v) is 19.8. The van der Waals surface area contributed by atoms with E-state index in [1.165, 1.54) is 30.0 Å². The lowest BCUT2D eigenvalue weighted by molar-refractivity contribution is -0.113. The number of anilines is 1. The van der Waals surface area contributed by atoms with Gasteiger partial charge in [-0.25, -0.2) is 13.4 Å². The number of aromatic nitrogens is 2. The van der Waals surface area contributed by atoms with Gasteiger partial charge in [0.25, 0.3) is 5.56 Å². The Kier molecular flexibility index (Phi) is 6.60. The topological polar surface area (TPSA) is 98.1 Å². The third-order valence-electron chi connectivity index (χ3n) is 5.44. The van der Waals surface area contributed by atoms with Gasteiger partial charge in [0.05, 0.1) is 32.3 Å². The van der Waals surface area contributed by atoms with E-state index >= 15 is 0 Å². The Morgan fingerprint density at radius 3 is 2.66 bits per heavy atom. The van der Waals surface area contributed by atoms with Gasteiger partial charge in [0, 0.05) is 12.3 Å². The molecule has 0 atom stereocenters. The molecule has 7 nitrogen and oxygen atoms in total. The van der Waals surface area contributed by atoms with Gasteiger partial charge in [0.1, 0.15) is 0 Å². The number of sulfone groups is 1. The standard InChI is InChI=1S/C22H22ClN3O4S2/c1-32(29,30)15-10-11-17(23)19(12-15)24-20(27)13-31-22-25-18-9-5-4-8-16(18)21(28)26(22)14-6-2-3-7-14/h4-5,8-12,14H,2-3,6-7,13H2,1H3,(H,24,27). The molecule has 1 fully saturated rings. The Morgan fingerprint density at radius 1 is 1.22 bits per heavy atom. The number of nitrogens with one attached hydrogen (secondary N) is 1. The number of carbonyl (C=O) groups excluding carboxylic acids is 1. The Balaban J connectivity index is 1.59. The molecule has 0 radical (unpaired) electrons. The molecule has 1 aromatic heterocycles. The summed E-state index contributed by atoms with van der Waals surface area (Å²) < 4.78 is 25.3. The van der Waals surface area contributed by atoms with Crippen molar-refractivity contribution in [3.63, 3.8) is 0 Å². The molecule has 2 aromatic carbocycles. The highest BCUT2D eigenvalue weighted by Gasteiger charge is 2.23. The number of thioether (sulfide) groups is 1. The number of halogens is 1. The fourth-order valence-electron chi connectivity index (χ4n) is 3.86. The number of para-hydroxylation sites is 1. The Morgan fingerprint density at radius 2 is 1.94 bits per heavy atom. The zero-order valence-electron chi connectivity index (χ0n) is 17.4. The molecule has 0 spiro atoms. The van der Waals surface area contributed by atoms with E-state index < -0.39 is 9.84 Å². The van der Waals surface area contributed by atoms with Crippen LogP contribution in [0.2, 0.25) is 5.02 Å². The Bertz CT molecular complexity index is 1350. The molecule has 1 heterocycles. The summed E-state index contributed by atoms with van der Waals surface area (Å²) in [6.07, 6.45) is 5.03. The highest BCUT2D eigenvalue weighted by atomic mass is 35.5. The summed E-state index contributed by atoms with van der Waals surface area (Å²) in [5.41, 5.74) is 0.729. The molecule has 10 heteroatoms. The van der Waals surface area contributed by atoms with Crippen molar-refractivity contribution in [3.05, 3.63) is 57.8 Å². The van der Waals surface area contributed by atoms with Crippen molar-refractivity contribution in [1.82, 2.24) is 9.55 Å². The van der Waals surface area contributed by atoms with Gasteiger partial charge in [-0.2, -0.15) is 0 Å². The molecular weight excluding hydrogens is 470 g/mol. The summed E-state index contributed by atoms with van der Waals surface area (Å²) in [6.45, 7) is 0. The lowest BCUT2D eigenvalue weighted by Gasteiger charge is -2.18. The van der Waals surface area contributed by atoms with Crippen molar-refractivity contribution in [2.24, 2.45) is 0 Å². The van der Waals surface area contributed by atoms with Crippen LogP contribution < -0.4 is 10.9 Å². The summed E-state index contributed by atoms with van der Waals surface area (Å²) in [5, 5.41) is 3.97. The highest BCUT2D eigenvalue weighted by Crippen LogP contribution is 2.32. The number of nitrogens with zero attached hydrogens (tertiary/aromatic N) is 2. The number of rotatable bonds is 6. The molecule has 3 aromatic rings. The van der Waals surface area contributed by atoms with E-state index in [0.29, 0.717) is 16.1 Å². The molecule has 1 N–H and O–H groups in total. The minimum atomic E-state index is -3.44. The van der Waals surface area contributed by atoms with Crippen LogP contribution in [0.4, 0.5) is 5.69 Å². The number of amides is 1. The second-order valence-electron chi connectivity index (χ2n) is 7.78. The SMILES string of the molecule is CS(=O)(=O)c1ccc(Cl)c(NC(=O)CSc2nc3ccccc3c(=O)n2C2CCCC2)c1. The van der Waals surface area contributed by atoms with Gasteiger partial charge in [-0.05, 0) is 43.2 Å². The van der Waals surface area contributed by atoms with Crippen molar-refractivity contribution >= 4 is 55.7 Å². The van der Waals surface area contributed by atoms with Gasteiger partial charge < -0.3 is 5.32 Å². The average molecular weight is 492 g/mol. The lowest BCUT2D eigenvalue weighted by atomic mass is 10.2. The molecule has 1 aliphatic carbocycles. The molecule has 1 aliphatic rings. The number of fused-ring (bicyclic) bond motifs is 1. The molecule has 1 amide bonds. The van der Waals surface area contributed by atoms with Crippen LogP contribution >= 0.6 is 23.4 Å². The largest absolute Gasteiger partial charge is 0.324 e. The minimum Gasteiger partial charge on any atom is -0.324 e. The normalized spacial score (nSPS) is 14.7. The van der Waals surface area contributed by atoms with Crippen molar-refractivity contribution < 1.29 is 13.2 Å². The van der Waals surface area contributed by atoms with Crippen molar-refractivity contribution in [1.29, 1.82) is 0 Å². The van der Waals surface area contributed by atoms with Crippen LogP contribution in [0.25, 0.3) is 10.9 Å². The van der Waals surface area contributed by atoms with E-state index in [4.69, 9.17) is 11.6 Å². The Hall–Kier alpha value is -2.36. The minimum absolute atomic E-state index is 0.00304. The first-order valence-electron chi connectivity index (χ1n) is 10.2. The fraction of sp³-hybridized carbons (Fsp3) is 0.318. The van der Waals surface area contributed by atoms with E-state index in [1.807, 2.05) is 12.1 Å². The zero-order chi connectivity index (χ0) is 22.9. The molecule has 1 saturated carbocycles. The summed E-state index contributed by atoms with van der Waals surface area (Å²) in [6, 6.07) is 11.4. The second kappa shape index (κ2) is 9.25. The van der Waals surface area contributed by atoms with Crippen LogP contribution in [-0.4, -0.2) is 35.9 Å². The van der Waals surface area contributed by atoms with Crippen LogP contribution in [0.15, 0.2) is 57.3 Å². The lowest BCUT2D eigenvalue weighted by Crippen LogP contribution is -2.27. The average Bonchev–Trinajstić information content (AvgIpc) is 3.27. The van der Waals surface area contributed by atoms with Gasteiger partial charge in [0.2, 0.25) is 5.91 Å². The van der Waals surface area contributed by atoms with Crippen molar-refractivity contribution in [2.45, 2.75) is 41.8 Å². The van der Waals surface area contributed by atoms with E-state index in [-0.39, 0.29) is 38.9 Å². The van der Waals surface area contributed by atoms with Crippen LogP contribution in [-0.2, 0) is 14.6 Å². The maximum Gasteiger partial charge on any atom is 0.262 e. The van der Waals surface area contributed by atoms with Gasteiger partial charge in [-0.1, -0.05) is 48.3 Å². The molecule has 4 rings (SSSR count). The molecule has 0 unspecified atom stereocenters. The summed E-state index contributed by atoms with van der Waals surface area (Å²) in [5.74, 6) is -0.375. The number of hydrogen-bond acceptors (Lipinski definition) is 6. The Labute approximate surface area is 195 Å². The number of carbonyl (C=O) groups is 1. The summed E-state index contributed by atoms with van der Waals surface area (Å²) in [7, 11) is -3.44. The maximum atomic E-state index is 13.2. The maximum absolute atomic E-state index is 13.2. The molecule has 0 saturated heterocycles. The monoisotopic (exact) mass is 491 g/mol. The summed E-state index contributed by atoms with van der Waals surface area (Å²) >= 11 is 7.32. The van der Waals surface area contributed by atoms with Crippen molar-refractivity contribution in [2.75, 3.05) is 17.3 Å². The summed E-state index contributed by atoms with van der Waals surface area (Å²) in [4.78, 5) is 30.5. The molecule has 0 aliphatic heterocycles. The molecule has 168 valence electrons. The van der Waals surface area contributed by atoms with Gasteiger partial charge >= 0.3 is 0 Å². The third kappa shape index (κ3) is 4.84. The van der Waals surface area contributed by atoms with Gasteiger partial charge in [-0.3, -0.25) is 14.2 Å². The third-order valence-corrected chi connectivity index (χ3v) is 7.83. The van der Waals surface area contributed by atoms with Crippen LogP contribution in [0.1, 0.15) is 31.7 Å². The predicted molar refractivity (Wildman–Crippen MR) is 127 cm³/mol. The second-order valence-corrected chi connectivity index (χ2v) is 11.1. The van der Waals surface area contributed by atoms with Crippen LogP contribution in [0, 0.1) is 0 Å². The van der Waals surface area contributed by atoms with Crippen LogP contribution in [0.5, 0.6) is 0 Å². The van der Waals surface area contributed by atoms with Gasteiger partial charge in [0.15, 0.2) is 15.0 Å².